The molecule has 2 aliphatic rings. The number of carbonyl (C=O) groups is 3. The van der Waals surface area contributed by atoms with E-state index < -0.39 is 6.03 Å². The van der Waals surface area contributed by atoms with Crippen molar-refractivity contribution in [3.63, 3.8) is 0 Å². The molecule has 6 heteroatoms. The molecule has 2 N–H and O–H groups in total. The van der Waals surface area contributed by atoms with Gasteiger partial charge in [-0.15, -0.1) is 0 Å². The van der Waals surface area contributed by atoms with Crippen molar-refractivity contribution in [3.8, 4) is 0 Å². The van der Waals surface area contributed by atoms with Crippen LogP contribution in [0.25, 0.3) is 0 Å². The molecule has 6 nitrogen and oxygen atoms in total. The van der Waals surface area contributed by atoms with E-state index in [2.05, 4.69) is 10.6 Å². The van der Waals surface area contributed by atoms with Gasteiger partial charge in [0.25, 0.3) is 5.91 Å². The number of nitrogens with one attached hydrogen (secondary N) is 2. The topological polar surface area (TPSA) is 78.5 Å². The van der Waals surface area contributed by atoms with Gasteiger partial charge in [0, 0.05) is 12.1 Å². The summed E-state index contributed by atoms with van der Waals surface area (Å²) in [6, 6.07) is 6.65. The Balaban J connectivity index is 1.73. The zero-order valence-corrected chi connectivity index (χ0v) is 11.6. The van der Waals surface area contributed by atoms with Crippen molar-refractivity contribution in [2.24, 2.45) is 5.92 Å². The third-order valence-electron chi connectivity index (χ3n) is 3.78. The van der Waals surface area contributed by atoms with E-state index in [1.165, 1.54) is 12.8 Å². The van der Waals surface area contributed by atoms with Crippen molar-refractivity contribution in [3.05, 3.63) is 35.4 Å². The van der Waals surface area contributed by atoms with Gasteiger partial charge in [-0.05, 0) is 30.4 Å². The van der Waals surface area contributed by atoms with Crippen LogP contribution in [0.15, 0.2) is 24.3 Å². The molecule has 0 atom stereocenters. The zero-order chi connectivity index (χ0) is 14.8. The Hall–Kier alpha value is -2.37. The molecule has 3 rings (SSSR count). The molecule has 1 aliphatic carbocycles. The van der Waals surface area contributed by atoms with Gasteiger partial charge in [-0.3, -0.25) is 14.5 Å². The number of amides is 4. The summed E-state index contributed by atoms with van der Waals surface area (Å²) in [5.41, 5.74) is 1.20. The number of carbonyl (C=O) groups excluding carboxylic acids is 3. The number of hydrogen-bond donors (Lipinski definition) is 2. The molecule has 0 bridgehead atoms. The van der Waals surface area contributed by atoms with Gasteiger partial charge in [0.1, 0.15) is 0 Å². The monoisotopic (exact) mass is 287 g/mol. The van der Waals surface area contributed by atoms with Crippen LogP contribution in [-0.2, 0) is 11.3 Å². The summed E-state index contributed by atoms with van der Waals surface area (Å²) < 4.78 is 0. The molecule has 0 unspecified atom stereocenters. The molecule has 1 saturated heterocycles. The molecular formula is C15H17N3O3. The lowest BCUT2D eigenvalue weighted by Gasteiger charge is -2.15. The molecular weight excluding hydrogens is 270 g/mol. The van der Waals surface area contributed by atoms with E-state index >= 15 is 0 Å². The van der Waals surface area contributed by atoms with Crippen LogP contribution in [0.3, 0.4) is 0 Å². The Bertz CT molecular complexity index is 580. The van der Waals surface area contributed by atoms with E-state index in [0.717, 1.165) is 4.90 Å². The number of hydrogen-bond acceptors (Lipinski definition) is 3. The minimum atomic E-state index is -0.409. The minimum Gasteiger partial charge on any atom is -0.352 e. The molecule has 0 spiro atoms. The Morgan fingerprint density at radius 2 is 2.05 bits per heavy atom. The highest BCUT2D eigenvalue weighted by Crippen LogP contribution is 2.27. The lowest BCUT2D eigenvalue weighted by atomic mass is 10.1. The fraction of sp³-hybridized carbons (Fsp3) is 0.400. The van der Waals surface area contributed by atoms with Crippen LogP contribution in [0, 0.1) is 5.92 Å². The van der Waals surface area contributed by atoms with E-state index in [9.17, 15) is 14.4 Å². The van der Waals surface area contributed by atoms with Crippen LogP contribution in [-0.4, -0.2) is 35.8 Å². The highest BCUT2D eigenvalue weighted by molar-refractivity contribution is 6.02. The van der Waals surface area contributed by atoms with Crippen LogP contribution in [0.5, 0.6) is 0 Å². The largest absolute Gasteiger partial charge is 0.352 e. The maximum absolute atomic E-state index is 12.2. The summed E-state index contributed by atoms with van der Waals surface area (Å²) >= 11 is 0. The van der Waals surface area contributed by atoms with Gasteiger partial charge in [0.15, 0.2) is 0 Å². The van der Waals surface area contributed by atoms with Crippen LogP contribution < -0.4 is 10.6 Å². The Morgan fingerprint density at radius 3 is 2.71 bits per heavy atom. The van der Waals surface area contributed by atoms with E-state index in [1.807, 2.05) is 0 Å². The lowest BCUT2D eigenvalue weighted by Crippen LogP contribution is -2.32. The van der Waals surface area contributed by atoms with E-state index in [0.29, 0.717) is 23.6 Å². The molecule has 1 heterocycles. The van der Waals surface area contributed by atoms with Crippen LogP contribution in [0.4, 0.5) is 4.79 Å². The first kappa shape index (κ1) is 13.6. The first-order valence-corrected chi connectivity index (χ1v) is 7.09. The molecule has 21 heavy (non-hydrogen) atoms. The average molecular weight is 287 g/mol. The van der Waals surface area contributed by atoms with Crippen LogP contribution in [0.1, 0.15) is 28.8 Å². The number of benzene rings is 1. The predicted octanol–water partition coefficient (Wildman–Crippen LogP) is 0.878. The number of imide groups is 1. The van der Waals surface area contributed by atoms with E-state index in [4.69, 9.17) is 0 Å². The molecule has 2 fully saturated rings. The van der Waals surface area contributed by atoms with Crippen molar-refractivity contribution in [2.45, 2.75) is 19.4 Å². The molecule has 1 aliphatic heterocycles. The Kier molecular flexibility index (Phi) is 3.60. The highest BCUT2D eigenvalue weighted by Gasteiger charge is 2.29. The summed E-state index contributed by atoms with van der Waals surface area (Å²) in [7, 11) is 0. The fourth-order valence-corrected chi connectivity index (χ4v) is 2.32. The van der Waals surface area contributed by atoms with Gasteiger partial charge >= 0.3 is 6.03 Å². The molecule has 1 aromatic carbocycles. The Labute approximate surface area is 122 Å². The summed E-state index contributed by atoms with van der Waals surface area (Å²) in [5, 5.41) is 5.38. The summed E-state index contributed by atoms with van der Waals surface area (Å²) in [6.07, 6.45) is 2.34. The fourth-order valence-electron chi connectivity index (χ4n) is 2.32. The van der Waals surface area contributed by atoms with Gasteiger partial charge < -0.3 is 10.6 Å². The van der Waals surface area contributed by atoms with Gasteiger partial charge in [-0.2, -0.15) is 0 Å². The van der Waals surface area contributed by atoms with Crippen LogP contribution >= 0.6 is 0 Å². The second-order valence-electron chi connectivity index (χ2n) is 5.45. The van der Waals surface area contributed by atoms with Gasteiger partial charge in [0.2, 0.25) is 5.91 Å². The Morgan fingerprint density at radius 1 is 1.29 bits per heavy atom. The second kappa shape index (κ2) is 5.55. The zero-order valence-electron chi connectivity index (χ0n) is 11.6. The number of urea groups is 1. The maximum atomic E-state index is 12.2. The smallest absolute Gasteiger partial charge is 0.324 e. The lowest BCUT2D eigenvalue weighted by molar-refractivity contribution is -0.125. The first-order valence-electron chi connectivity index (χ1n) is 7.09. The molecule has 0 aromatic heterocycles. The van der Waals surface area contributed by atoms with Crippen molar-refractivity contribution in [1.29, 1.82) is 0 Å². The van der Waals surface area contributed by atoms with Gasteiger partial charge in [0.05, 0.1) is 13.1 Å². The van der Waals surface area contributed by atoms with Crippen molar-refractivity contribution < 1.29 is 14.4 Å². The summed E-state index contributed by atoms with van der Waals surface area (Å²) in [4.78, 5) is 36.6. The maximum Gasteiger partial charge on any atom is 0.324 e. The summed E-state index contributed by atoms with van der Waals surface area (Å²) in [5.74, 6) is 0.185. The molecule has 1 saturated carbocycles. The van der Waals surface area contributed by atoms with Crippen LogP contribution in [0.2, 0.25) is 0 Å². The minimum absolute atomic E-state index is 0.0227. The molecule has 0 radical (unpaired) electrons. The van der Waals surface area contributed by atoms with Crippen molar-refractivity contribution in [1.82, 2.24) is 15.5 Å². The van der Waals surface area contributed by atoms with E-state index in [-0.39, 0.29) is 24.9 Å². The first-order chi connectivity index (χ1) is 10.1. The predicted molar refractivity (Wildman–Crippen MR) is 75.4 cm³/mol. The highest BCUT2D eigenvalue weighted by atomic mass is 16.2. The van der Waals surface area contributed by atoms with E-state index in [1.54, 1.807) is 24.3 Å². The number of rotatable bonds is 5. The second-order valence-corrected chi connectivity index (χ2v) is 5.45. The van der Waals surface area contributed by atoms with Gasteiger partial charge in [-0.25, -0.2) is 4.79 Å². The third kappa shape index (κ3) is 3.04. The molecule has 110 valence electrons. The van der Waals surface area contributed by atoms with Gasteiger partial charge in [-0.1, -0.05) is 18.2 Å². The van der Waals surface area contributed by atoms with Crippen molar-refractivity contribution in [2.75, 3.05) is 13.1 Å². The standard InChI is InChI=1S/C15H17N3O3/c19-13-8-17-15(21)18(13)9-11-3-1-2-4-12(11)14(20)16-7-10-5-6-10/h1-4,10H,5-9H2,(H,16,20)(H,17,21). The third-order valence-corrected chi connectivity index (χ3v) is 3.78. The SMILES string of the molecule is O=C(NCC1CC1)c1ccccc1CN1C(=O)CNC1=O. The average Bonchev–Trinajstić information content (AvgIpc) is 3.27. The molecule has 1 aromatic rings. The summed E-state index contributed by atoms with van der Waals surface area (Å²) in [6.45, 7) is 0.836. The normalized spacial score (nSPS) is 17.8. The molecule has 4 amide bonds. The van der Waals surface area contributed by atoms with Crippen molar-refractivity contribution >= 4 is 17.8 Å². The quantitative estimate of drug-likeness (QED) is 0.789. The number of nitrogens with zero attached hydrogens (tertiary/aromatic N) is 1.